The Morgan fingerprint density at radius 1 is 1.47 bits per heavy atom. The molecule has 3 nitrogen and oxygen atoms in total. The van der Waals surface area contributed by atoms with Crippen LogP contribution in [0.1, 0.15) is 5.56 Å². The number of fused-ring (bicyclic) bond motifs is 1. The molecule has 0 atom stereocenters. The number of hydrogen-bond acceptors (Lipinski definition) is 3. The van der Waals surface area contributed by atoms with Crippen LogP contribution in [0.4, 0.5) is 0 Å². The monoisotopic (exact) mass is 270 g/mol. The van der Waals surface area contributed by atoms with Gasteiger partial charge in [0.05, 0.1) is 4.47 Å². The van der Waals surface area contributed by atoms with Gasteiger partial charge in [-0.25, -0.2) is 0 Å². The second-order valence-electron chi connectivity index (χ2n) is 3.64. The molecule has 0 amide bonds. The van der Waals surface area contributed by atoms with Crippen molar-refractivity contribution in [3.05, 3.63) is 28.2 Å². The van der Waals surface area contributed by atoms with Gasteiger partial charge in [-0.3, -0.25) is 4.90 Å². The maximum atomic E-state index is 5.73. The zero-order chi connectivity index (χ0) is 10.7. The highest BCUT2D eigenvalue weighted by molar-refractivity contribution is 9.10. The number of halogens is 1. The zero-order valence-corrected chi connectivity index (χ0v) is 10.2. The molecular formula is C11H15BrN2O. The third-order valence-corrected chi connectivity index (χ3v) is 3.17. The highest BCUT2D eigenvalue weighted by Crippen LogP contribution is 2.31. The first kappa shape index (κ1) is 10.9. The van der Waals surface area contributed by atoms with Crippen molar-refractivity contribution in [1.29, 1.82) is 0 Å². The lowest BCUT2D eigenvalue weighted by Crippen LogP contribution is -2.30. The van der Waals surface area contributed by atoms with Crippen LogP contribution in [0.5, 0.6) is 5.75 Å². The third kappa shape index (κ3) is 2.51. The fraction of sp³-hybridized carbons (Fsp3) is 0.455. The summed E-state index contributed by atoms with van der Waals surface area (Å²) in [6, 6.07) is 6.16. The van der Waals surface area contributed by atoms with Crippen molar-refractivity contribution in [1.82, 2.24) is 4.90 Å². The smallest absolute Gasteiger partial charge is 0.138 e. The van der Waals surface area contributed by atoms with E-state index in [1.807, 2.05) is 12.1 Å². The van der Waals surface area contributed by atoms with E-state index in [9.17, 15) is 0 Å². The number of nitrogens with zero attached hydrogens (tertiary/aromatic N) is 1. The van der Waals surface area contributed by atoms with Gasteiger partial charge in [0, 0.05) is 31.7 Å². The topological polar surface area (TPSA) is 38.5 Å². The molecule has 15 heavy (non-hydrogen) atoms. The van der Waals surface area contributed by atoms with Gasteiger partial charge in [0.1, 0.15) is 12.4 Å². The SMILES string of the molecule is NCCN1CCOc2c(Br)cccc2C1. The van der Waals surface area contributed by atoms with Crippen molar-refractivity contribution in [3.8, 4) is 5.75 Å². The van der Waals surface area contributed by atoms with E-state index in [0.29, 0.717) is 6.54 Å². The van der Waals surface area contributed by atoms with E-state index in [2.05, 4.69) is 26.9 Å². The molecule has 0 fully saturated rings. The quantitative estimate of drug-likeness (QED) is 0.888. The number of benzene rings is 1. The molecule has 2 N–H and O–H groups in total. The molecule has 0 unspecified atom stereocenters. The van der Waals surface area contributed by atoms with Gasteiger partial charge in [0.25, 0.3) is 0 Å². The molecule has 0 radical (unpaired) electrons. The van der Waals surface area contributed by atoms with Crippen LogP contribution in [0.3, 0.4) is 0 Å². The molecule has 0 saturated heterocycles. The molecule has 0 aliphatic carbocycles. The summed E-state index contributed by atoms with van der Waals surface area (Å²) in [5.74, 6) is 0.983. The average molecular weight is 271 g/mol. The predicted octanol–water partition coefficient (Wildman–Crippen LogP) is 1.60. The minimum Gasteiger partial charge on any atom is -0.491 e. The van der Waals surface area contributed by atoms with Crippen molar-refractivity contribution >= 4 is 15.9 Å². The Labute approximate surface area is 98.3 Å². The largest absolute Gasteiger partial charge is 0.491 e. The highest BCUT2D eigenvalue weighted by Gasteiger charge is 2.16. The molecule has 1 aromatic carbocycles. The lowest BCUT2D eigenvalue weighted by atomic mass is 10.2. The number of nitrogens with two attached hydrogens (primary N) is 1. The summed E-state index contributed by atoms with van der Waals surface area (Å²) >= 11 is 3.51. The maximum Gasteiger partial charge on any atom is 0.138 e. The normalized spacial score (nSPS) is 16.7. The summed E-state index contributed by atoms with van der Waals surface area (Å²) in [6.07, 6.45) is 0. The summed E-state index contributed by atoms with van der Waals surface area (Å²) in [7, 11) is 0. The minimum atomic E-state index is 0.698. The van der Waals surface area contributed by atoms with E-state index in [1.54, 1.807) is 0 Å². The molecule has 1 aliphatic heterocycles. The van der Waals surface area contributed by atoms with Gasteiger partial charge in [-0.05, 0) is 22.0 Å². The van der Waals surface area contributed by atoms with Crippen LogP contribution in [0.15, 0.2) is 22.7 Å². The lowest BCUT2D eigenvalue weighted by molar-refractivity contribution is 0.230. The van der Waals surface area contributed by atoms with Crippen LogP contribution in [-0.4, -0.2) is 31.1 Å². The van der Waals surface area contributed by atoms with Gasteiger partial charge < -0.3 is 10.5 Å². The van der Waals surface area contributed by atoms with Gasteiger partial charge >= 0.3 is 0 Å². The lowest BCUT2D eigenvalue weighted by Gasteiger charge is -2.17. The first-order chi connectivity index (χ1) is 7.31. The Kier molecular flexibility index (Phi) is 3.61. The fourth-order valence-corrected chi connectivity index (χ4v) is 2.33. The summed E-state index contributed by atoms with van der Waals surface area (Å²) in [5.41, 5.74) is 6.80. The van der Waals surface area contributed by atoms with E-state index < -0.39 is 0 Å². The van der Waals surface area contributed by atoms with Crippen LogP contribution in [-0.2, 0) is 6.54 Å². The van der Waals surface area contributed by atoms with E-state index in [-0.39, 0.29) is 0 Å². The number of rotatable bonds is 2. The summed E-state index contributed by atoms with van der Waals surface area (Å²) in [6.45, 7) is 4.22. The Hall–Kier alpha value is -0.580. The van der Waals surface area contributed by atoms with Crippen LogP contribution >= 0.6 is 15.9 Å². The maximum absolute atomic E-state index is 5.73. The molecule has 1 aliphatic rings. The number of ether oxygens (including phenoxy) is 1. The summed E-state index contributed by atoms with van der Waals surface area (Å²) in [4.78, 5) is 2.32. The molecule has 0 saturated carbocycles. The highest BCUT2D eigenvalue weighted by atomic mass is 79.9. The first-order valence-electron chi connectivity index (χ1n) is 5.14. The standard InChI is InChI=1S/C11H15BrN2O/c12-10-3-1-2-9-8-14(5-4-13)6-7-15-11(9)10/h1-3H,4-8,13H2. The van der Waals surface area contributed by atoms with Crippen molar-refractivity contribution in [2.45, 2.75) is 6.54 Å². The van der Waals surface area contributed by atoms with Crippen molar-refractivity contribution < 1.29 is 4.74 Å². The van der Waals surface area contributed by atoms with Crippen LogP contribution < -0.4 is 10.5 Å². The van der Waals surface area contributed by atoms with Gasteiger partial charge in [0.2, 0.25) is 0 Å². The molecule has 2 rings (SSSR count). The molecule has 82 valence electrons. The van der Waals surface area contributed by atoms with Crippen molar-refractivity contribution in [3.63, 3.8) is 0 Å². The Morgan fingerprint density at radius 2 is 2.33 bits per heavy atom. The van der Waals surface area contributed by atoms with Crippen LogP contribution in [0.2, 0.25) is 0 Å². The minimum absolute atomic E-state index is 0.698. The van der Waals surface area contributed by atoms with Crippen molar-refractivity contribution in [2.24, 2.45) is 5.73 Å². The van der Waals surface area contributed by atoms with Gasteiger partial charge in [0.15, 0.2) is 0 Å². The molecule has 1 aromatic rings. The molecule has 4 heteroatoms. The molecular weight excluding hydrogens is 256 g/mol. The van der Waals surface area contributed by atoms with Gasteiger partial charge in [-0.2, -0.15) is 0 Å². The van der Waals surface area contributed by atoms with E-state index in [1.165, 1.54) is 5.56 Å². The molecule has 0 bridgehead atoms. The van der Waals surface area contributed by atoms with Gasteiger partial charge in [-0.15, -0.1) is 0 Å². The van der Waals surface area contributed by atoms with Gasteiger partial charge in [-0.1, -0.05) is 12.1 Å². The first-order valence-corrected chi connectivity index (χ1v) is 5.93. The van der Waals surface area contributed by atoms with Crippen LogP contribution in [0.25, 0.3) is 0 Å². The Bertz CT molecular complexity index is 343. The second kappa shape index (κ2) is 4.96. The molecule has 0 spiro atoms. The van der Waals surface area contributed by atoms with E-state index >= 15 is 0 Å². The second-order valence-corrected chi connectivity index (χ2v) is 4.50. The summed E-state index contributed by atoms with van der Waals surface area (Å²) in [5, 5.41) is 0. The number of hydrogen-bond donors (Lipinski definition) is 1. The summed E-state index contributed by atoms with van der Waals surface area (Å²) < 4.78 is 6.76. The zero-order valence-electron chi connectivity index (χ0n) is 8.58. The molecule has 0 aromatic heterocycles. The Balaban J connectivity index is 2.22. The third-order valence-electron chi connectivity index (χ3n) is 2.54. The average Bonchev–Trinajstić information content (AvgIpc) is 2.41. The van der Waals surface area contributed by atoms with E-state index in [0.717, 1.165) is 36.5 Å². The Morgan fingerprint density at radius 3 is 3.13 bits per heavy atom. The van der Waals surface area contributed by atoms with Crippen molar-refractivity contribution in [2.75, 3.05) is 26.2 Å². The van der Waals surface area contributed by atoms with Crippen LogP contribution in [0, 0.1) is 0 Å². The predicted molar refractivity (Wildman–Crippen MR) is 64.0 cm³/mol. The van der Waals surface area contributed by atoms with E-state index in [4.69, 9.17) is 10.5 Å². The molecule has 1 heterocycles. The fourth-order valence-electron chi connectivity index (χ4n) is 1.81. The number of para-hydroxylation sites is 1.